The molecule has 0 unspecified atom stereocenters. The molecule has 172 valence electrons. The Kier molecular flexibility index (Phi) is 5.40. The molecule has 0 saturated carbocycles. The van der Waals surface area contributed by atoms with Gasteiger partial charge >= 0.3 is 6.18 Å². The predicted molar refractivity (Wildman–Crippen MR) is 116 cm³/mol. The Morgan fingerprint density at radius 2 is 2.00 bits per heavy atom. The number of halogens is 3. The van der Waals surface area contributed by atoms with Gasteiger partial charge in [0.1, 0.15) is 11.8 Å². The van der Waals surface area contributed by atoms with Gasteiger partial charge in [0.05, 0.1) is 28.3 Å². The number of hydrogen-bond donors (Lipinski definition) is 2. The third kappa shape index (κ3) is 4.22. The van der Waals surface area contributed by atoms with Gasteiger partial charge in [0.25, 0.3) is 0 Å². The minimum absolute atomic E-state index is 0.0617. The largest absolute Gasteiger partial charge is 0.419 e. The SMILES string of the molecule is Cc1nocc1-c1ccc2c(n1)CC=C2c1nc(N[C@H]2CC[C@H](C)NC2)ncc1C(F)(F)F. The Hall–Kier alpha value is -3.27. The highest BCUT2D eigenvalue weighted by atomic mass is 19.4. The highest BCUT2D eigenvalue weighted by Gasteiger charge is 2.37. The van der Waals surface area contributed by atoms with Crippen LogP contribution in [0, 0.1) is 6.92 Å². The third-order valence-corrected chi connectivity index (χ3v) is 6.13. The lowest BCUT2D eigenvalue weighted by molar-refractivity contribution is -0.138. The van der Waals surface area contributed by atoms with E-state index in [4.69, 9.17) is 4.52 Å². The normalized spacial score (nSPS) is 20.5. The van der Waals surface area contributed by atoms with Crippen LogP contribution in [0.5, 0.6) is 0 Å². The second-order valence-electron chi connectivity index (χ2n) is 8.51. The van der Waals surface area contributed by atoms with Gasteiger partial charge < -0.3 is 15.2 Å². The Bertz CT molecular complexity index is 1210. The molecular formula is C23H23F3N6O. The van der Waals surface area contributed by atoms with Crippen LogP contribution in [0.2, 0.25) is 0 Å². The number of piperidine rings is 1. The second kappa shape index (κ2) is 8.26. The number of nitrogens with zero attached hydrogens (tertiary/aromatic N) is 4. The van der Waals surface area contributed by atoms with Crippen LogP contribution in [0.4, 0.5) is 19.1 Å². The van der Waals surface area contributed by atoms with Crippen LogP contribution in [-0.2, 0) is 12.6 Å². The number of nitrogens with one attached hydrogen (secondary N) is 2. The summed E-state index contributed by atoms with van der Waals surface area (Å²) in [7, 11) is 0. The van der Waals surface area contributed by atoms with Gasteiger partial charge in [-0.3, -0.25) is 4.98 Å². The van der Waals surface area contributed by atoms with E-state index in [1.165, 1.54) is 6.26 Å². The van der Waals surface area contributed by atoms with E-state index in [0.29, 0.717) is 47.2 Å². The van der Waals surface area contributed by atoms with E-state index in [-0.39, 0.29) is 17.7 Å². The number of alkyl halides is 3. The fraction of sp³-hybridized carbons (Fsp3) is 0.391. The van der Waals surface area contributed by atoms with Crippen molar-refractivity contribution in [2.45, 2.75) is 51.4 Å². The predicted octanol–water partition coefficient (Wildman–Crippen LogP) is 4.39. The minimum atomic E-state index is -4.58. The number of aromatic nitrogens is 4. The fourth-order valence-electron chi connectivity index (χ4n) is 4.29. The van der Waals surface area contributed by atoms with E-state index >= 15 is 0 Å². The van der Waals surface area contributed by atoms with E-state index in [9.17, 15) is 13.2 Å². The number of aryl methyl sites for hydroxylation is 1. The van der Waals surface area contributed by atoms with Crippen molar-refractivity contribution in [1.29, 1.82) is 0 Å². The molecule has 10 heteroatoms. The van der Waals surface area contributed by atoms with Gasteiger partial charge in [-0.05, 0) is 32.8 Å². The quantitative estimate of drug-likeness (QED) is 0.602. The second-order valence-corrected chi connectivity index (χ2v) is 8.51. The first-order valence-corrected chi connectivity index (χ1v) is 10.9. The monoisotopic (exact) mass is 456 g/mol. The highest BCUT2D eigenvalue weighted by molar-refractivity contribution is 5.84. The maximum absolute atomic E-state index is 13.8. The summed E-state index contributed by atoms with van der Waals surface area (Å²) in [6.07, 6.45) is 1.83. The van der Waals surface area contributed by atoms with Crippen LogP contribution in [0.3, 0.4) is 0 Å². The van der Waals surface area contributed by atoms with Crippen LogP contribution < -0.4 is 10.6 Å². The van der Waals surface area contributed by atoms with Crippen molar-refractivity contribution in [3.8, 4) is 11.3 Å². The van der Waals surface area contributed by atoms with Gasteiger partial charge in [0.2, 0.25) is 5.95 Å². The molecule has 1 saturated heterocycles. The number of fused-ring (bicyclic) bond motifs is 1. The van der Waals surface area contributed by atoms with E-state index in [2.05, 4.69) is 37.7 Å². The van der Waals surface area contributed by atoms with E-state index in [1.54, 1.807) is 18.2 Å². The average molecular weight is 456 g/mol. The van der Waals surface area contributed by atoms with Crippen LogP contribution >= 0.6 is 0 Å². The Morgan fingerprint density at radius 1 is 1.15 bits per heavy atom. The first-order valence-electron chi connectivity index (χ1n) is 10.9. The standard InChI is InChI=1S/C23H23F3N6O/c1-12-3-4-14(9-27-12)29-22-28-10-18(23(24,25)26)21(31-22)16-6-8-19-15(16)5-7-20(30-19)17-11-33-32-13(17)2/h5-7,10-12,14,27H,3-4,8-9H2,1-2H3,(H,28,29,31)/t12-,14-/m0/s1. The maximum atomic E-state index is 13.8. The summed E-state index contributed by atoms with van der Waals surface area (Å²) in [5, 5.41) is 10.4. The van der Waals surface area contributed by atoms with E-state index in [0.717, 1.165) is 24.6 Å². The van der Waals surface area contributed by atoms with Crippen molar-refractivity contribution in [2.75, 3.05) is 11.9 Å². The fourth-order valence-corrected chi connectivity index (χ4v) is 4.29. The molecular weight excluding hydrogens is 433 g/mol. The lowest BCUT2D eigenvalue weighted by Gasteiger charge is -2.28. The van der Waals surface area contributed by atoms with Crippen molar-refractivity contribution in [3.63, 3.8) is 0 Å². The molecule has 2 atom stereocenters. The zero-order chi connectivity index (χ0) is 23.2. The summed E-state index contributed by atoms with van der Waals surface area (Å²) in [6.45, 7) is 4.63. The Balaban J connectivity index is 1.49. The van der Waals surface area contributed by atoms with Gasteiger partial charge in [-0.1, -0.05) is 17.3 Å². The summed E-state index contributed by atoms with van der Waals surface area (Å²) < 4.78 is 46.5. The molecule has 1 aliphatic heterocycles. The molecule has 7 nitrogen and oxygen atoms in total. The molecule has 0 amide bonds. The smallest absolute Gasteiger partial charge is 0.364 e. The van der Waals surface area contributed by atoms with E-state index in [1.807, 2.05) is 6.92 Å². The molecule has 3 aromatic heterocycles. The average Bonchev–Trinajstić information content (AvgIpc) is 3.40. The molecule has 2 N–H and O–H groups in total. The van der Waals surface area contributed by atoms with E-state index < -0.39 is 11.7 Å². The first-order chi connectivity index (χ1) is 15.8. The lowest BCUT2D eigenvalue weighted by atomic mass is 10.0. The first kappa shape index (κ1) is 21.6. The molecule has 3 aromatic rings. The zero-order valence-corrected chi connectivity index (χ0v) is 18.2. The lowest BCUT2D eigenvalue weighted by Crippen LogP contribution is -2.43. The molecule has 33 heavy (non-hydrogen) atoms. The van der Waals surface area contributed by atoms with Gasteiger partial charge in [0.15, 0.2) is 0 Å². The van der Waals surface area contributed by atoms with Crippen LogP contribution in [-0.4, -0.2) is 38.7 Å². The number of rotatable bonds is 4. The molecule has 4 heterocycles. The number of anilines is 1. The molecule has 5 rings (SSSR count). The van der Waals surface area contributed by atoms with Gasteiger partial charge in [-0.25, -0.2) is 9.97 Å². The van der Waals surface area contributed by atoms with Gasteiger partial charge in [0, 0.05) is 42.4 Å². The summed E-state index contributed by atoms with van der Waals surface area (Å²) in [5.41, 5.74) is 2.87. The van der Waals surface area contributed by atoms with Crippen LogP contribution in [0.1, 0.15) is 48.0 Å². The minimum Gasteiger partial charge on any atom is -0.364 e. The van der Waals surface area contributed by atoms with Crippen molar-refractivity contribution < 1.29 is 17.7 Å². The summed E-state index contributed by atoms with van der Waals surface area (Å²) in [4.78, 5) is 12.9. The van der Waals surface area contributed by atoms with Crippen molar-refractivity contribution >= 4 is 11.5 Å². The highest BCUT2D eigenvalue weighted by Crippen LogP contribution is 2.40. The van der Waals surface area contributed by atoms with Gasteiger partial charge in [-0.2, -0.15) is 13.2 Å². The third-order valence-electron chi connectivity index (χ3n) is 6.13. The molecule has 1 aliphatic carbocycles. The van der Waals surface area contributed by atoms with Crippen LogP contribution in [0.15, 0.2) is 35.2 Å². The number of hydrogen-bond acceptors (Lipinski definition) is 7. The van der Waals surface area contributed by atoms with Crippen LogP contribution in [0.25, 0.3) is 16.8 Å². The molecule has 2 aliphatic rings. The molecule has 0 spiro atoms. The summed E-state index contributed by atoms with van der Waals surface area (Å²) >= 11 is 0. The molecule has 0 radical (unpaired) electrons. The summed E-state index contributed by atoms with van der Waals surface area (Å²) in [6, 6.07) is 4.03. The molecule has 0 bridgehead atoms. The van der Waals surface area contributed by atoms with Crippen molar-refractivity contribution in [1.82, 2.24) is 25.4 Å². The number of pyridine rings is 1. The van der Waals surface area contributed by atoms with Crippen molar-refractivity contribution in [3.05, 3.63) is 58.9 Å². The molecule has 0 aromatic carbocycles. The van der Waals surface area contributed by atoms with Gasteiger partial charge in [-0.15, -0.1) is 0 Å². The molecule has 1 fully saturated rings. The zero-order valence-electron chi connectivity index (χ0n) is 18.2. The topological polar surface area (TPSA) is 88.8 Å². The Labute approximate surface area is 188 Å². The summed E-state index contributed by atoms with van der Waals surface area (Å²) in [5.74, 6) is 0.193. The Morgan fingerprint density at radius 3 is 2.70 bits per heavy atom. The number of allylic oxidation sites excluding steroid dienone is 1. The van der Waals surface area contributed by atoms with Crippen molar-refractivity contribution in [2.24, 2.45) is 0 Å². The maximum Gasteiger partial charge on any atom is 0.419 e.